The average Bonchev–Trinajstić information content (AvgIpc) is 2.94. The van der Waals surface area contributed by atoms with E-state index in [2.05, 4.69) is 5.32 Å². The van der Waals surface area contributed by atoms with Crippen LogP contribution in [0, 0.1) is 0 Å². The zero-order valence-corrected chi connectivity index (χ0v) is 13.0. The van der Waals surface area contributed by atoms with Gasteiger partial charge in [0.05, 0.1) is 16.8 Å². The second kappa shape index (κ2) is 5.66. The minimum atomic E-state index is -0.211. The van der Waals surface area contributed by atoms with Crippen LogP contribution >= 0.6 is 11.3 Å². The third-order valence-corrected chi connectivity index (χ3v) is 3.96. The maximum absolute atomic E-state index is 12.3. The second-order valence-electron chi connectivity index (χ2n) is 5.13. The molecule has 0 bridgehead atoms. The zero-order chi connectivity index (χ0) is 14.9. The van der Waals surface area contributed by atoms with Gasteiger partial charge < -0.3 is 14.8 Å². The molecule has 2 rings (SSSR count). The van der Waals surface area contributed by atoms with Gasteiger partial charge in [0.2, 0.25) is 5.91 Å². The highest BCUT2D eigenvalue weighted by Crippen LogP contribution is 2.28. The van der Waals surface area contributed by atoms with Crippen molar-refractivity contribution in [3.05, 3.63) is 23.2 Å². The monoisotopic (exact) mass is 293 g/mol. The van der Waals surface area contributed by atoms with Crippen LogP contribution < -0.4 is 5.32 Å². The summed E-state index contributed by atoms with van der Waals surface area (Å²) in [6, 6.07) is 4.09. The summed E-state index contributed by atoms with van der Waals surface area (Å²) in [6.07, 6.45) is 0. The van der Waals surface area contributed by atoms with Gasteiger partial charge in [-0.2, -0.15) is 0 Å². The number of carbonyl (C=O) groups excluding carboxylic acids is 2. The minimum Gasteiger partial charge on any atom is -0.347 e. The van der Waals surface area contributed by atoms with Crippen LogP contribution in [0.4, 0.5) is 0 Å². The average molecular weight is 293 g/mol. The van der Waals surface area contributed by atoms with Crippen LogP contribution in [-0.4, -0.2) is 41.9 Å². The molecule has 2 amide bonds. The number of carbonyl (C=O) groups is 2. The van der Waals surface area contributed by atoms with Gasteiger partial charge in [0.25, 0.3) is 5.91 Å². The lowest BCUT2D eigenvalue weighted by atomic mass is 10.3. The molecule has 2 heterocycles. The first-order valence-corrected chi connectivity index (χ1v) is 7.36. The molecule has 5 nitrogen and oxygen atoms in total. The van der Waals surface area contributed by atoms with Crippen molar-refractivity contribution in [2.45, 2.75) is 19.9 Å². The highest BCUT2D eigenvalue weighted by atomic mass is 32.1. The summed E-state index contributed by atoms with van der Waals surface area (Å²) in [7, 11) is 3.34. The van der Waals surface area contributed by atoms with Gasteiger partial charge in [-0.25, -0.2) is 0 Å². The van der Waals surface area contributed by atoms with Crippen LogP contribution in [0.15, 0.2) is 17.5 Å². The Balaban J connectivity index is 2.23. The topological polar surface area (TPSA) is 54.3 Å². The van der Waals surface area contributed by atoms with E-state index < -0.39 is 0 Å². The smallest absolute Gasteiger partial charge is 0.268 e. The molecule has 2 aromatic heterocycles. The Morgan fingerprint density at radius 1 is 1.40 bits per heavy atom. The lowest BCUT2D eigenvalue weighted by Gasteiger charge is -2.15. The Labute approximate surface area is 122 Å². The molecule has 20 heavy (non-hydrogen) atoms. The molecule has 0 fully saturated rings. The molecule has 0 saturated heterocycles. The molecule has 6 heteroatoms. The van der Waals surface area contributed by atoms with E-state index in [9.17, 15) is 9.59 Å². The van der Waals surface area contributed by atoms with Crippen molar-refractivity contribution in [1.82, 2.24) is 14.8 Å². The molecule has 2 aromatic rings. The quantitative estimate of drug-likeness (QED) is 0.938. The summed E-state index contributed by atoms with van der Waals surface area (Å²) >= 11 is 1.61. The van der Waals surface area contributed by atoms with Gasteiger partial charge >= 0.3 is 0 Å². The van der Waals surface area contributed by atoms with Crippen molar-refractivity contribution in [2.24, 2.45) is 0 Å². The SMILES string of the molecule is CC(C)n1c(C(=O)NCC(=O)N(C)C)cc2sccc21. The number of hydrogen-bond donors (Lipinski definition) is 1. The molecule has 0 saturated carbocycles. The van der Waals surface area contributed by atoms with Crippen molar-refractivity contribution >= 4 is 33.4 Å². The van der Waals surface area contributed by atoms with Crippen LogP contribution in [0.5, 0.6) is 0 Å². The molecule has 0 radical (unpaired) electrons. The molecule has 108 valence electrons. The predicted octanol–water partition coefficient (Wildman–Crippen LogP) is 2.10. The van der Waals surface area contributed by atoms with Gasteiger partial charge in [-0.05, 0) is 31.4 Å². The molecule has 0 aliphatic carbocycles. The number of nitrogens with one attached hydrogen (secondary N) is 1. The Kier molecular flexibility index (Phi) is 4.13. The maximum Gasteiger partial charge on any atom is 0.268 e. The van der Waals surface area contributed by atoms with Crippen molar-refractivity contribution in [2.75, 3.05) is 20.6 Å². The molecule has 0 unspecified atom stereocenters. The minimum absolute atomic E-state index is 0.0166. The third kappa shape index (κ3) is 2.70. The molecule has 1 N–H and O–H groups in total. The summed E-state index contributed by atoms with van der Waals surface area (Å²) in [5.41, 5.74) is 1.67. The number of amides is 2. The lowest BCUT2D eigenvalue weighted by Crippen LogP contribution is -2.37. The normalized spacial score (nSPS) is 11.1. The molecule has 0 aliphatic rings. The summed E-state index contributed by atoms with van der Waals surface area (Å²) in [4.78, 5) is 25.3. The third-order valence-electron chi connectivity index (χ3n) is 3.11. The van der Waals surface area contributed by atoms with Crippen LogP contribution in [0.3, 0.4) is 0 Å². The highest BCUT2D eigenvalue weighted by molar-refractivity contribution is 7.17. The lowest BCUT2D eigenvalue weighted by molar-refractivity contribution is -0.127. The van der Waals surface area contributed by atoms with Crippen LogP contribution in [-0.2, 0) is 4.79 Å². The van der Waals surface area contributed by atoms with Gasteiger partial charge in [-0.15, -0.1) is 11.3 Å². The summed E-state index contributed by atoms with van der Waals surface area (Å²) in [5, 5.41) is 4.69. The number of likely N-dealkylation sites (N-methyl/N-ethyl adjacent to an activating group) is 1. The molecular formula is C14H19N3O2S. The Morgan fingerprint density at radius 3 is 2.70 bits per heavy atom. The largest absolute Gasteiger partial charge is 0.347 e. The van der Waals surface area contributed by atoms with Gasteiger partial charge in [0.15, 0.2) is 0 Å². The van der Waals surface area contributed by atoms with Gasteiger partial charge in [-0.3, -0.25) is 9.59 Å². The molecular weight excluding hydrogens is 274 g/mol. The molecule has 0 atom stereocenters. The Morgan fingerprint density at radius 2 is 2.10 bits per heavy atom. The van der Waals surface area contributed by atoms with Crippen molar-refractivity contribution in [3.8, 4) is 0 Å². The van der Waals surface area contributed by atoms with Crippen LogP contribution in [0.1, 0.15) is 30.4 Å². The highest BCUT2D eigenvalue weighted by Gasteiger charge is 2.18. The number of hydrogen-bond acceptors (Lipinski definition) is 3. The predicted molar refractivity (Wildman–Crippen MR) is 81.2 cm³/mol. The van der Waals surface area contributed by atoms with E-state index in [1.165, 1.54) is 4.90 Å². The number of rotatable bonds is 4. The Bertz CT molecular complexity index is 640. The maximum atomic E-state index is 12.3. The first-order chi connectivity index (χ1) is 9.41. The summed E-state index contributed by atoms with van der Waals surface area (Å²) in [5.74, 6) is -0.333. The standard InChI is InChI=1S/C14H19N3O2S/c1-9(2)17-10-5-6-20-12(10)7-11(17)14(19)15-8-13(18)16(3)4/h5-7,9H,8H2,1-4H3,(H,15,19). The molecule has 0 aromatic carbocycles. The van der Waals surface area contributed by atoms with Crippen molar-refractivity contribution in [1.29, 1.82) is 0 Å². The van der Waals surface area contributed by atoms with Crippen LogP contribution in [0.25, 0.3) is 10.2 Å². The van der Waals surface area contributed by atoms with Gasteiger partial charge in [-0.1, -0.05) is 0 Å². The Hall–Kier alpha value is -1.82. The second-order valence-corrected chi connectivity index (χ2v) is 6.08. The fourth-order valence-electron chi connectivity index (χ4n) is 2.08. The van der Waals surface area contributed by atoms with E-state index >= 15 is 0 Å². The van der Waals surface area contributed by atoms with E-state index in [1.807, 2.05) is 35.9 Å². The number of aromatic nitrogens is 1. The fourth-order valence-corrected chi connectivity index (χ4v) is 2.89. The van der Waals surface area contributed by atoms with E-state index in [4.69, 9.17) is 0 Å². The van der Waals surface area contributed by atoms with E-state index in [1.54, 1.807) is 25.4 Å². The fraction of sp³-hybridized carbons (Fsp3) is 0.429. The van der Waals surface area contributed by atoms with Crippen molar-refractivity contribution < 1.29 is 9.59 Å². The zero-order valence-electron chi connectivity index (χ0n) is 12.1. The molecule has 0 spiro atoms. The van der Waals surface area contributed by atoms with E-state index in [-0.39, 0.29) is 24.4 Å². The first-order valence-electron chi connectivity index (χ1n) is 6.48. The van der Waals surface area contributed by atoms with Crippen LogP contribution in [0.2, 0.25) is 0 Å². The summed E-state index contributed by atoms with van der Waals surface area (Å²) < 4.78 is 3.09. The summed E-state index contributed by atoms with van der Waals surface area (Å²) in [6.45, 7) is 4.10. The van der Waals surface area contributed by atoms with Crippen molar-refractivity contribution in [3.63, 3.8) is 0 Å². The van der Waals surface area contributed by atoms with E-state index in [0.29, 0.717) is 5.69 Å². The van der Waals surface area contributed by atoms with Gasteiger partial charge in [0, 0.05) is 20.1 Å². The number of nitrogens with zero attached hydrogens (tertiary/aromatic N) is 2. The first kappa shape index (κ1) is 14.6. The number of fused-ring (bicyclic) bond motifs is 1. The van der Waals surface area contributed by atoms with Gasteiger partial charge in [0.1, 0.15) is 5.69 Å². The van der Waals surface area contributed by atoms with E-state index in [0.717, 1.165) is 10.2 Å². The molecule has 0 aliphatic heterocycles. The number of thiophene rings is 1.